The molecule has 5 heteroatoms. The number of carboxylic acid groups (broad SMARTS) is 1. The Morgan fingerprint density at radius 1 is 1.39 bits per heavy atom. The first kappa shape index (κ1) is 13.7. The molecule has 1 saturated carbocycles. The van der Waals surface area contributed by atoms with Gasteiger partial charge in [0.25, 0.3) is 0 Å². The zero-order chi connectivity index (χ0) is 12.8. The van der Waals surface area contributed by atoms with Gasteiger partial charge in [-0.05, 0) is 41.7 Å². The fraction of sp³-hybridized carbons (Fsp3) is 0.538. The van der Waals surface area contributed by atoms with E-state index in [0.717, 1.165) is 17.9 Å². The van der Waals surface area contributed by atoms with Gasteiger partial charge in [0.05, 0.1) is 0 Å². The Labute approximate surface area is 115 Å². The van der Waals surface area contributed by atoms with Crippen LogP contribution in [0.1, 0.15) is 32.1 Å². The molecule has 2 atom stereocenters. The minimum absolute atomic E-state index is 0.306. The Morgan fingerprint density at radius 3 is 2.94 bits per heavy atom. The lowest BCUT2D eigenvalue weighted by Gasteiger charge is -2.29. The van der Waals surface area contributed by atoms with Crippen molar-refractivity contribution >= 4 is 27.6 Å². The Kier molecular flexibility index (Phi) is 5.38. The van der Waals surface area contributed by atoms with E-state index in [4.69, 9.17) is 5.11 Å². The second kappa shape index (κ2) is 7.04. The molecule has 1 N–H and O–H groups in total. The highest BCUT2D eigenvalue weighted by molar-refractivity contribution is 8.76. The summed E-state index contributed by atoms with van der Waals surface area (Å²) in [7, 11) is 3.46. The molecule has 0 aliphatic heterocycles. The van der Waals surface area contributed by atoms with Crippen LogP contribution >= 0.6 is 21.6 Å². The normalized spacial score (nSPS) is 23.8. The van der Waals surface area contributed by atoms with Crippen LogP contribution in [-0.4, -0.2) is 21.3 Å². The monoisotopic (exact) mass is 283 g/mol. The van der Waals surface area contributed by atoms with Crippen LogP contribution in [0.15, 0.2) is 29.4 Å². The van der Waals surface area contributed by atoms with Crippen LogP contribution in [0.4, 0.5) is 0 Å². The van der Waals surface area contributed by atoms with Crippen molar-refractivity contribution in [3.8, 4) is 0 Å². The largest absolute Gasteiger partial charge is 0.481 e. The van der Waals surface area contributed by atoms with Crippen molar-refractivity contribution in [1.82, 2.24) is 4.98 Å². The molecule has 0 aromatic carbocycles. The van der Waals surface area contributed by atoms with E-state index in [0.29, 0.717) is 17.6 Å². The van der Waals surface area contributed by atoms with Gasteiger partial charge < -0.3 is 5.11 Å². The van der Waals surface area contributed by atoms with Gasteiger partial charge in [0, 0.05) is 17.9 Å². The highest BCUT2D eigenvalue weighted by Gasteiger charge is 2.27. The van der Waals surface area contributed by atoms with E-state index in [1.807, 2.05) is 18.2 Å². The number of nitrogens with zero attached hydrogens (tertiary/aromatic N) is 1. The van der Waals surface area contributed by atoms with E-state index in [9.17, 15) is 4.79 Å². The Bertz CT molecular complexity index is 386. The molecule has 1 aromatic heterocycles. The smallest absolute Gasteiger partial charge is 0.303 e. The van der Waals surface area contributed by atoms with Crippen molar-refractivity contribution in [2.24, 2.45) is 5.92 Å². The van der Waals surface area contributed by atoms with Gasteiger partial charge in [0.2, 0.25) is 0 Å². The maximum Gasteiger partial charge on any atom is 0.303 e. The molecule has 1 fully saturated rings. The zero-order valence-corrected chi connectivity index (χ0v) is 11.8. The minimum Gasteiger partial charge on any atom is -0.481 e. The molecular formula is C13H17NO2S2. The van der Waals surface area contributed by atoms with Crippen molar-refractivity contribution in [3.63, 3.8) is 0 Å². The molecule has 1 heterocycles. The third-order valence-electron chi connectivity index (χ3n) is 3.17. The predicted molar refractivity (Wildman–Crippen MR) is 75.7 cm³/mol. The molecule has 1 aliphatic rings. The minimum atomic E-state index is -0.671. The van der Waals surface area contributed by atoms with Crippen LogP contribution < -0.4 is 0 Å². The number of carboxylic acids is 1. The van der Waals surface area contributed by atoms with E-state index < -0.39 is 5.97 Å². The average molecular weight is 283 g/mol. The first-order valence-corrected chi connectivity index (χ1v) is 8.43. The van der Waals surface area contributed by atoms with Gasteiger partial charge in [-0.15, -0.1) is 0 Å². The first-order valence-electron chi connectivity index (χ1n) is 6.22. The molecule has 18 heavy (non-hydrogen) atoms. The third kappa shape index (κ3) is 4.21. The van der Waals surface area contributed by atoms with Crippen LogP contribution in [-0.2, 0) is 4.79 Å². The fourth-order valence-electron chi connectivity index (χ4n) is 2.27. The van der Waals surface area contributed by atoms with Crippen molar-refractivity contribution in [3.05, 3.63) is 24.4 Å². The summed E-state index contributed by atoms with van der Waals surface area (Å²) in [6.07, 6.45) is 6.66. The Balaban J connectivity index is 1.87. The third-order valence-corrected chi connectivity index (χ3v) is 6.09. The number of aliphatic carboxylic acids is 1. The molecule has 0 bridgehead atoms. The van der Waals surface area contributed by atoms with Crippen molar-refractivity contribution in [2.45, 2.75) is 42.4 Å². The molecular weight excluding hydrogens is 266 g/mol. The maximum atomic E-state index is 10.9. The number of pyridine rings is 1. The van der Waals surface area contributed by atoms with E-state index in [2.05, 4.69) is 4.98 Å². The SMILES string of the molecule is O=C(O)CC1CCCCC1SSc1ccccn1. The topological polar surface area (TPSA) is 50.2 Å². The summed E-state index contributed by atoms with van der Waals surface area (Å²) in [5, 5.41) is 10.4. The molecule has 1 aliphatic carbocycles. The van der Waals surface area contributed by atoms with Gasteiger partial charge in [-0.2, -0.15) is 0 Å². The molecule has 0 spiro atoms. The van der Waals surface area contributed by atoms with Crippen molar-refractivity contribution in [1.29, 1.82) is 0 Å². The zero-order valence-electron chi connectivity index (χ0n) is 10.1. The second-order valence-electron chi connectivity index (χ2n) is 4.53. The van der Waals surface area contributed by atoms with Gasteiger partial charge in [0.15, 0.2) is 0 Å². The van der Waals surface area contributed by atoms with Crippen LogP contribution in [0.2, 0.25) is 0 Å². The number of hydrogen-bond donors (Lipinski definition) is 1. The van der Waals surface area contributed by atoms with E-state index in [1.165, 1.54) is 12.8 Å². The molecule has 98 valence electrons. The fourth-order valence-corrected chi connectivity index (χ4v) is 5.10. The quantitative estimate of drug-likeness (QED) is 0.832. The van der Waals surface area contributed by atoms with Crippen molar-refractivity contribution in [2.75, 3.05) is 0 Å². The lowest BCUT2D eigenvalue weighted by Crippen LogP contribution is -2.23. The van der Waals surface area contributed by atoms with E-state index >= 15 is 0 Å². The number of carbonyl (C=O) groups is 1. The van der Waals surface area contributed by atoms with Crippen LogP contribution in [0.25, 0.3) is 0 Å². The van der Waals surface area contributed by atoms with Crippen LogP contribution in [0.5, 0.6) is 0 Å². The van der Waals surface area contributed by atoms with E-state index in [1.54, 1.807) is 27.8 Å². The average Bonchev–Trinajstić information content (AvgIpc) is 2.38. The number of rotatable bonds is 5. The summed E-state index contributed by atoms with van der Waals surface area (Å²) >= 11 is 0. The summed E-state index contributed by atoms with van der Waals surface area (Å²) in [6.45, 7) is 0. The summed E-state index contributed by atoms with van der Waals surface area (Å²) < 4.78 is 0. The summed E-state index contributed by atoms with van der Waals surface area (Å²) in [5.41, 5.74) is 0. The molecule has 0 saturated heterocycles. The van der Waals surface area contributed by atoms with Gasteiger partial charge in [-0.25, -0.2) is 4.98 Å². The molecule has 2 unspecified atom stereocenters. The summed E-state index contributed by atoms with van der Waals surface area (Å²) in [5.74, 6) is -0.354. The van der Waals surface area contributed by atoms with Crippen LogP contribution in [0, 0.1) is 5.92 Å². The van der Waals surface area contributed by atoms with Gasteiger partial charge in [-0.1, -0.05) is 29.7 Å². The molecule has 2 rings (SSSR count). The first-order chi connectivity index (χ1) is 8.75. The molecule has 0 radical (unpaired) electrons. The lowest BCUT2D eigenvalue weighted by atomic mass is 9.86. The summed E-state index contributed by atoms with van der Waals surface area (Å²) in [4.78, 5) is 15.1. The second-order valence-corrected chi connectivity index (χ2v) is 6.99. The molecule has 3 nitrogen and oxygen atoms in total. The van der Waals surface area contributed by atoms with Crippen LogP contribution in [0.3, 0.4) is 0 Å². The van der Waals surface area contributed by atoms with E-state index in [-0.39, 0.29) is 0 Å². The number of aromatic nitrogens is 1. The Morgan fingerprint density at radius 2 is 2.22 bits per heavy atom. The van der Waals surface area contributed by atoms with Gasteiger partial charge >= 0.3 is 5.97 Å². The van der Waals surface area contributed by atoms with Crippen molar-refractivity contribution < 1.29 is 9.90 Å². The number of hydrogen-bond acceptors (Lipinski definition) is 4. The highest BCUT2D eigenvalue weighted by Crippen LogP contribution is 2.43. The molecule has 0 amide bonds. The lowest BCUT2D eigenvalue weighted by molar-refractivity contribution is -0.138. The predicted octanol–water partition coefficient (Wildman–Crippen LogP) is 3.86. The highest BCUT2D eigenvalue weighted by atomic mass is 33.1. The standard InChI is InChI=1S/C13H17NO2S2/c15-13(16)9-10-5-1-2-6-11(10)17-18-12-7-3-4-8-14-12/h3-4,7-8,10-11H,1-2,5-6,9H2,(H,15,16). The van der Waals surface area contributed by atoms with Gasteiger partial charge in [0.1, 0.15) is 5.03 Å². The van der Waals surface area contributed by atoms with Gasteiger partial charge in [-0.3, -0.25) is 4.79 Å². The molecule has 1 aromatic rings. The Hall–Kier alpha value is -0.680. The summed E-state index contributed by atoms with van der Waals surface area (Å²) in [6, 6.07) is 5.88. The maximum absolute atomic E-state index is 10.9.